The van der Waals surface area contributed by atoms with E-state index < -0.39 is 0 Å². The molecule has 1 atom stereocenters. The summed E-state index contributed by atoms with van der Waals surface area (Å²) in [5, 5.41) is 12.7. The summed E-state index contributed by atoms with van der Waals surface area (Å²) in [5.74, 6) is 0.638. The molecule has 2 aromatic rings. The molecule has 0 amide bonds. The van der Waals surface area contributed by atoms with Gasteiger partial charge in [0.15, 0.2) is 0 Å². The van der Waals surface area contributed by atoms with Crippen molar-refractivity contribution in [1.82, 2.24) is 5.32 Å². The quantitative estimate of drug-likeness (QED) is 0.947. The van der Waals surface area contributed by atoms with E-state index in [1.807, 2.05) is 18.2 Å². The maximum absolute atomic E-state index is 9.12. The molecule has 0 aromatic heterocycles. The van der Waals surface area contributed by atoms with Crippen molar-refractivity contribution in [2.75, 3.05) is 18.6 Å². The second-order valence-electron chi connectivity index (χ2n) is 5.94. The van der Waals surface area contributed by atoms with Crippen LogP contribution in [-0.4, -0.2) is 19.7 Å². The van der Waals surface area contributed by atoms with Gasteiger partial charge in [-0.3, -0.25) is 0 Å². The zero-order valence-corrected chi connectivity index (χ0v) is 13.5. The number of hydrogen-bond donors (Lipinski definition) is 1. The van der Waals surface area contributed by atoms with Crippen LogP contribution in [0.3, 0.4) is 0 Å². The van der Waals surface area contributed by atoms with Gasteiger partial charge >= 0.3 is 0 Å². The Balaban J connectivity index is 1.91. The van der Waals surface area contributed by atoms with Crippen molar-refractivity contribution in [1.29, 1.82) is 5.26 Å². The fourth-order valence-electron chi connectivity index (χ4n) is 3.04. The van der Waals surface area contributed by atoms with Crippen molar-refractivity contribution in [3.8, 4) is 11.8 Å². The van der Waals surface area contributed by atoms with E-state index in [1.54, 1.807) is 7.11 Å². The molecule has 4 heteroatoms. The Morgan fingerprint density at radius 2 is 2.13 bits per heavy atom. The first-order valence-corrected chi connectivity index (χ1v) is 7.84. The first-order chi connectivity index (χ1) is 11.2. The van der Waals surface area contributed by atoms with Crippen molar-refractivity contribution < 1.29 is 4.74 Å². The van der Waals surface area contributed by atoms with Crippen LogP contribution in [0.4, 0.5) is 5.69 Å². The third-order valence-electron chi connectivity index (χ3n) is 4.23. The lowest BCUT2D eigenvalue weighted by molar-refractivity contribution is 0.413. The van der Waals surface area contributed by atoms with Crippen LogP contribution in [-0.2, 0) is 13.1 Å². The molecule has 0 radical (unpaired) electrons. The molecule has 0 bridgehead atoms. The lowest BCUT2D eigenvalue weighted by Crippen LogP contribution is -2.35. The Bertz CT molecular complexity index is 736. The first kappa shape index (κ1) is 15.4. The van der Waals surface area contributed by atoms with Crippen molar-refractivity contribution in [2.45, 2.75) is 26.1 Å². The minimum absolute atomic E-state index is 0.419. The molecule has 0 spiro atoms. The summed E-state index contributed by atoms with van der Waals surface area (Å²) in [4.78, 5) is 2.39. The topological polar surface area (TPSA) is 48.3 Å². The van der Waals surface area contributed by atoms with Gasteiger partial charge in [-0.05, 0) is 36.2 Å². The number of nitrogens with zero attached hydrogens (tertiary/aromatic N) is 2. The molecule has 0 aliphatic carbocycles. The lowest BCUT2D eigenvalue weighted by Gasteiger charge is -2.26. The molecule has 1 aliphatic rings. The van der Waals surface area contributed by atoms with Crippen LogP contribution in [0, 0.1) is 11.3 Å². The predicted octanol–water partition coefficient (Wildman–Crippen LogP) is 3.07. The number of methoxy groups -OCH3 is 1. The minimum Gasteiger partial charge on any atom is -0.495 e. The molecular formula is C19H21N3O. The van der Waals surface area contributed by atoms with Crippen LogP contribution < -0.4 is 15.0 Å². The predicted molar refractivity (Wildman–Crippen MR) is 91.5 cm³/mol. The van der Waals surface area contributed by atoms with Crippen LogP contribution in [0.25, 0.3) is 0 Å². The molecule has 4 nitrogen and oxygen atoms in total. The number of benzene rings is 2. The summed E-state index contributed by atoms with van der Waals surface area (Å²) in [6, 6.07) is 16.9. The highest BCUT2D eigenvalue weighted by molar-refractivity contribution is 5.55. The second kappa shape index (κ2) is 6.72. The van der Waals surface area contributed by atoms with E-state index in [9.17, 15) is 0 Å². The van der Waals surface area contributed by atoms with E-state index in [-0.39, 0.29) is 0 Å². The van der Waals surface area contributed by atoms with Crippen LogP contribution in [0.2, 0.25) is 0 Å². The summed E-state index contributed by atoms with van der Waals surface area (Å²) in [5.41, 5.74) is 4.30. The zero-order valence-electron chi connectivity index (χ0n) is 13.5. The Kier molecular flexibility index (Phi) is 4.50. The van der Waals surface area contributed by atoms with E-state index in [2.05, 4.69) is 47.5 Å². The van der Waals surface area contributed by atoms with Gasteiger partial charge in [-0.25, -0.2) is 0 Å². The molecule has 1 unspecified atom stereocenters. The van der Waals surface area contributed by atoms with Crippen molar-refractivity contribution >= 4 is 5.69 Å². The fraction of sp³-hybridized carbons (Fsp3) is 0.316. The summed E-state index contributed by atoms with van der Waals surface area (Å²) in [6.45, 7) is 4.84. The summed E-state index contributed by atoms with van der Waals surface area (Å²) in [7, 11) is 1.60. The standard InChI is InChI=1S/C19H21N3O/c1-14-12-22(18-6-4-3-5-17(18)11-21-14)13-15-7-8-16(10-20)19(9-15)23-2/h3-9,14,21H,11-13H2,1-2H3. The average Bonchev–Trinajstić information content (AvgIpc) is 2.74. The third kappa shape index (κ3) is 3.30. The number of para-hydroxylation sites is 1. The van der Waals surface area contributed by atoms with E-state index in [1.165, 1.54) is 11.3 Å². The van der Waals surface area contributed by atoms with Gasteiger partial charge in [0.1, 0.15) is 11.8 Å². The van der Waals surface area contributed by atoms with E-state index in [0.29, 0.717) is 17.4 Å². The molecule has 1 heterocycles. The van der Waals surface area contributed by atoms with Gasteiger partial charge in [0.25, 0.3) is 0 Å². The van der Waals surface area contributed by atoms with Crippen molar-refractivity contribution in [3.05, 3.63) is 59.2 Å². The Morgan fingerprint density at radius 3 is 2.91 bits per heavy atom. The van der Waals surface area contributed by atoms with Gasteiger partial charge in [-0.15, -0.1) is 0 Å². The molecule has 23 heavy (non-hydrogen) atoms. The molecule has 2 aromatic carbocycles. The SMILES string of the molecule is COc1cc(CN2CC(C)NCc3ccccc32)ccc1C#N. The Morgan fingerprint density at radius 1 is 1.30 bits per heavy atom. The normalized spacial score (nSPS) is 17.1. The van der Waals surface area contributed by atoms with E-state index >= 15 is 0 Å². The van der Waals surface area contributed by atoms with E-state index in [4.69, 9.17) is 10.00 Å². The molecule has 0 fully saturated rings. The average molecular weight is 307 g/mol. The van der Waals surface area contributed by atoms with Gasteiger partial charge in [0.2, 0.25) is 0 Å². The largest absolute Gasteiger partial charge is 0.495 e. The third-order valence-corrected chi connectivity index (χ3v) is 4.23. The first-order valence-electron chi connectivity index (χ1n) is 7.84. The maximum atomic E-state index is 9.12. The number of ether oxygens (including phenoxy) is 1. The molecule has 0 saturated heterocycles. The van der Waals surface area contributed by atoms with Crippen LogP contribution in [0.1, 0.15) is 23.6 Å². The Hall–Kier alpha value is -2.51. The monoisotopic (exact) mass is 307 g/mol. The number of anilines is 1. The van der Waals surface area contributed by atoms with Gasteiger partial charge < -0.3 is 15.0 Å². The van der Waals surface area contributed by atoms with Crippen LogP contribution in [0.5, 0.6) is 5.75 Å². The van der Waals surface area contributed by atoms with Crippen molar-refractivity contribution in [3.63, 3.8) is 0 Å². The summed E-state index contributed by atoms with van der Waals surface area (Å²) in [6.07, 6.45) is 0. The molecule has 3 rings (SSSR count). The van der Waals surface area contributed by atoms with Gasteiger partial charge in [0.05, 0.1) is 12.7 Å². The molecule has 0 saturated carbocycles. The van der Waals surface area contributed by atoms with Crippen LogP contribution in [0.15, 0.2) is 42.5 Å². The van der Waals surface area contributed by atoms with Crippen LogP contribution >= 0.6 is 0 Å². The fourth-order valence-corrected chi connectivity index (χ4v) is 3.04. The number of nitriles is 1. The highest BCUT2D eigenvalue weighted by atomic mass is 16.5. The Labute approximate surface area is 137 Å². The van der Waals surface area contributed by atoms with Gasteiger partial charge in [-0.1, -0.05) is 24.3 Å². The molecule has 118 valence electrons. The number of nitrogens with one attached hydrogen (secondary N) is 1. The highest BCUT2D eigenvalue weighted by Gasteiger charge is 2.19. The molecule has 1 N–H and O–H groups in total. The molecular weight excluding hydrogens is 286 g/mol. The number of hydrogen-bond acceptors (Lipinski definition) is 4. The lowest BCUT2D eigenvalue weighted by atomic mass is 10.1. The molecule has 1 aliphatic heterocycles. The van der Waals surface area contributed by atoms with Gasteiger partial charge in [-0.2, -0.15) is 5.26 Å². The smallest absolute Gasteiger partial charge is 0.136 e. The number of fused-ring (bicyclic) bond motifs is 1. The highest BCUT2D eigenvalue weighted by Crippen LogP contribution is 2.27. The number of rotatable bonds is 3. The van der Waals surface area contributed by atoms with Gasteiger partial charge in [0, 0.05) is 31.4 Å². The summed E-state index contributed by atoms with van der Waals surface area (Å²) < 4.78 is 5.33. The zero-order chi connectivity index (χ0) is 16.2. The minimum atomic E-state index is 0.419. The summed E-state index contributed by atoms with van der Waals surface area (Å²) >= 11 is 0. The second-order valence-corrected chi connectivity index (χ2v) is 5.94. The van der Waals surface area contributed by atoms with E-state index in [0.717, 1.165) is 25.2 Å². The van der Waals surface area contributed by atoms with Crippen molar-refractivity contribution in [2.24, 2.45) is 0 Å². The maximum Gasteiger partial charge on any atom is 0.136 e.